The Morgan fingerprint density at radius 2 is 1.80 bits per heavy atom. The molecule has 0 aliphatic carbocycles. The molecule has 0 atom stereocenters. The second-order valence-electron chi connectivity index (χ2n) is 5.52. The molecule has 4 rings (SSSR count). The van der Waals surface area contributed by atoms with Crippen LogP contribution in [0.3, 0.4) is 0 Å². The predicted octanol–water partition coefficient (Wildman–Crippen LogP) is 5.29. The van der Waals surface area contributed by atoms with Crippen LogP contribution >= 0.6 is 11.3 Å². The quantitative estimate of drug-likeness (QED) is 0.528. The van der Waals surface area contributed by atoms with Crippen LogP contribution in [0.2, 0.25) is 0 Å². The van der Waals surface area contributed by atoms with Gasteiger partial charge in [-0.1, -0.05) is 42.5 Å². The first-order valence-corrected chi connectivity index (χ1v) is 8.73. The average molecular weight is 345 g/mol. The number of nitrogens with zero attached hydrogens (tertiary/aromatic N) is 1. The lowest BCUT2D eigenvalue weighted by molar-refractivity contribution is 0.102. The van der Waals surface area contributed by atoms with Crippen LogP contribution in [-0.2, 0) is 0 Å². The van der Waals surface area contributed by atoms with Crippen molar-refractivity contribution in [2.24, 2.45) is 0 Å². The Bertz CT molecular complexity index is 1020. The lowest BCUT2D eigenvalue weighted by Gasteiger charge is -2.10. The van der Waals surface area contributed by atoms with Gasteiger partial charge in [-0.2, -0.15) is 0 Å². The maximum Gasteiger partial charge on any atom is 0.255 e. The smallest absolute Gasteiger partial charge is 0.255 e. The maximum atomic E-state index is 12.7. The molecule has 0 fully saturated rings. The summed E-state index contributed by atoms with van der Waals surface area (Å²) in [6.45, 7) is 0. The van der Waals surface area contributed by atoms with Crippen molar-refractivity contribution < 1.29 is 4.79 Å². The van der Waals surface area contributed by atoms with Gasteiger partial charge in [0.1, 0.15) is 0 Å². The highest BCUT2D eigenvalue weighted by Gasteiger charge is 2.09. The van der Waals surface area contributed by atoms with E-state index in [1.54, 1.807) is 12.3 Å². The number of carbonyl (C=O) groups excluding carboxylic acids is 1. The van der Waals surface area contributed by atoms with Crippen molar-refractivity contribution in [3.05, 3.63) is 83.9 Å². The SMILES string of the molecule is O=C(Nc1cccc2ccccc12)c1cccc(Nc2nccs2)c1. The number of amides is 1. The topological polar surface area (TPSA) is 54.0 Å². The van der Waals surface area contributed by atoms with E-state index in [2.05, 4.69) is 15.6 Å². The Kier molecular flexibility index (Phi) is 4.14. The minimum absolute atomic E-state index is 0.140. The van der Waals surface area contributed by atoms with Crippen LogP contribution in [-0.4, -0.2) is 10.9 Å². The second-order valence-corrected chi connectivity index (χ2v) is 6.42. The Balaban J connectivity index is 1.58. The third-order valence-corrected chi connectivity index (χ3v) is 4.53. The summed E-state index contributed by atoms with van der Waals surface area (Å²) in [6.07, 6.45) is 1.74. The third-order valence-electron chi connectivity index (χ3n) is 3.85. The highest BCUT2D eigenvalue weighted by atomic mass is 32.1. The number of benzene rings is 3. The molecular formula is C20H15N3OS. The molecule has 0 spiro atoms. The number of fused-ring (bicyclic) bond motifs is 1. The Hall–Kier alpha value is -3.18. The fraction of sp³-hybridized carbons (Fsp3) is 0. The van der Waals surface area contributed by atoms with E-state index < -0.39 is 0 Å². The molecule has 3 aromatic carbocycles. The molecule has 1 amide bonds. The molecule has 25 heavy (non-hydrogen) atoms. The van der Waals surface area contributed by atoms with Gasteiger partial charge >= 0.3 is 0 Å². The molecule has 0 saturated heterocycles. The Labute approximate surface area is 149 Å². The molecule has 1 aromatic heterocycles. The van der Waals surface area contributed by atoms with Gasteiger partial charge in [0, 0.05) is 33.9 Å². The molecule has 5 heteroatoms. The van der Waals surface area contributed by atoms with Crippen molar-refractivity contribution >= 4 is 44.5 Å². The molecule has 0 unspecified atom stereocenters. The molecule has 4 nitrogen and oxygen atoms in total. The monoisotopic (exact) mass is 345 g/mol. The zero-order chi connectivity index (χ0) is 17.1. The van der Waals surface area contributed by atoms with Crippen LogP contribution in [0.1, 0.15) is 10.4 Å². The van der Waals surface area contributed by atoms with Crippen molar-refractivity contribution in [1.29, 1.82) is 0 Å². The number of aromatic nitrogens is 1. The van der Waals surface area contributed by atoms with Crippen LogP contribution in [0.4, 0.5) is 16.5 Å². The zero-order valence-corrected chi connectivity index (χ0v) is 14.1. The van der Waals surface area contributed by atoms with Gasteiger partial charge in [-0.05, 0) is 29.7 Å². The van der Waals surface area contributed by atoms with Crippen LogP contribution < -0.4 is 10.6 Å². The van der Waals surface area contributed by atoms with E-state index in [9.17, 15) is 4.79 Å². The number of rotatable bonds is 4. The molecule has 2 N–H and O–H groups in total. The normalized spacial score (nSPS) is 10.6. The lowest BCUT2D eigenvalue weighted by Crippen LogP contribution is -2.12. The van der Waals surface area contributed by atoms with Gasteiger partial charge < -0.3 is 10.6 Å². The first-order valence-electron chi connectivity index (χ1n) is 7.85. The van der Waals surface area contributed by atoms with Gasteiger partial charge in [-0.15, -0.1) is 11.3 Å². The van der Waals surface area contributed by atoms with E-state index in [4.69, 9.17) is 0 Å². The van der Waals surface area contributed by atoms with E-state index >= 15 is 0 Å². The number of carbonyl (C=O) groups is 1. The van der Waals surface area contributed by atoms with Gasteiger partial charge in [0.25, 0.3) is 5.91 Å². The van der Waals surface area contributed by atoms with Gasteiger partial charge in [0.15, 0.2) is 5.13 Å². The van der Waals surface area contributed by atoms with E-state index in [1.807, 2.05) is 66.0 Å². The first kappa shape index (κ1) is 15.4. The number of hydrogen-bond acceptors (Lipinski definition) is 4. The van der Waals surface area contributed by atoms with Gasteiger partial charge in [-0.3, -0.25) is 4.79 Å². The number of thiazole rings is 1. The van der Waals surface area contributed by atoms with Crippen LogP contribution in [0, 0.1) is 0 Å². The second kappa shape index (κ2) is 6.75. The highest BCUT2D eigenvalue weighted by Crippen LogP contribution is 2.24. The summed E-state index contributed by atoms with van der Waals surface area (Å²) in [5, 5.41) is 11.0. The summed E-state index contributed by atoms with van der Waals surface area (Å²) in [6, 6.07) is 21.3. The first-order chi connectivity index (χ1) is 12.3. The average Bonchev–Trinajstić information content (AvgIpc) is 3.15. The molecule has 1 heterocycles. The summed E-state index contributed by atoms with van der Waals surface area (Å²) >= 11 is 1.51. The van der Waals surface area contributed by atoms with E-state index in [0.717, 1.165) is 27.3 Å². The summed E-state index contributed by atoms with van der Waals surface area (Å²) in [7, 11) is 0. The minimum Gasteiger partial charge on any atom is -0.332 e. The Morgan fingerprint density at radius 3 is 2.68 bits per heavy atom. The van der Waals surface area contributed by atoms with Crippen LogP contribution in [0.25, 0.3) is 10.8 Å². The van der Waals surface area contributed by atoms with Crippen molar-refractivity contribution in [3.63, 3.8) is 0 Å². The van der Waals surface area contributed by atoms with Gasteiger partial charge in [0.05, 0.1) is 0 Å². The van der Waals surface area contributed by atoms with Crippen molar-refractivity contribution in [3.8, 4) is 0 Å². The van der Waals surface area contributed by atoms with Gasteiger partial charge in [0.2, 0.25) is 0 Å². The summed E-state index contributed by atoms with van der Waals surface area (Å²) in [4.78, 5) is 16.9. The molecule has 0 bridgehead atoms. The highest BCUT2D eigenvalue weighted by molar-refractivity contribution is 7.13. The van der Waals surface area contributed by atoms with Crippen LogP contribution in [0.15, 0.2) is 78.3 Å². The zero-order valence-electron chi connectivity index (χ0n) is 13.3. The fourth-order valence-electron chi connectivity index (χ4n) is 2.68. The van der Waals surface area contributed by atoms with E-state index in [1.165, 1.54) is 11.3 Å². The molecular weight excluding hydrogens is 330 g/mol. The maximum absolute atomic E-state index is 12.7. The van der Waals surface area contributed by atoms with Crippen molar-refractivity contribution in [1.82, 2.24) is 4.98 Å². The lowest BCUT2D eigenvalue weighted by atomic mass is 10.1. The van der Waals surface area contributed by atoms with Gasteiger partial charge in [-0.25, -0.2) is 4.98 Å². The number of anilines is 3. The number of nitrogens with one attached hydrogen (secondary N) is 2. The Morgan fingerprint density at radius 1 is 0.960 bits per heavy atom. The molecule has 0 aliphatic rings. The van der Waals surface area contributed by atoms with Crippen molar-refractivity contribution in [2.75, 3.05) is 10.6 Å². The molecule has 122 valence electrons. The molecule has 0 aliphatic heterocycles. The summed E-state index contributed by atoms with van der Waals surface area (Å²) < 4.78 is 0. The van der Waals surface area contributed by atoms with E-state index in [-0.39, 0.29) is 5.91 Å². The summed E-state index contributed by atoms with van der Waals surface area (Å²) in [5.74, 6) is -0.140. The van der Waals surface area contributed by atoms with E-state index in [0.29, 0.717) is 5.56 Å². The standard InChI is InChI=1S/C20H15N3OS/c24-19(23-18-10-4-6-14-5-1-2-9-17(14)18)15-7-3-8-16(13-15)22-20-21-11-12-25-20/h1-13H,(H,21,22)(H,23,24). The van der Waals surface area contributed by atoms with Crippen molar-refractivity contribution in [2.45, 2.75) is 0 Å². The largest absolute Gasteiger partial charge is 0.332 e. The predicted molar refractivity (Wildman–Crippen MR) is 104 cm³/mol. The molecule has 4 aromatic rings. The molecule has 0 radical (unpaired) electrons. The third kappa shape index (κ3) is 3.36. The molecule has 0 saturated carbocycles. The van der Waals surface area contributed by atoms with Crippen LogP contribution in [0.5, 0.6) is 0 Å². The fourth-order valence-corrected chi connectivity index (χ4v) is 3.22. The number of hydrogen-bond donors (Lipinski definition) is 2. The summed E-state index contributed by atoms with van der Waals surface area (Å²) in [5.41, 5.74) is 2.23. The minimum atomic E-state index is -0.140.